The Hall–Kier alpha value is -1.53. The van der Waals surface area contributed by atoms with E-state index < -0.39 is 5.54 Å². The summed E-state index contributed by atoms with van der Waals surface area (Å²) in [5, 5.41) is 2.81. The number of hydrogen-bond donors (Lipinski definition) is 2. The molecule has 2 rings (SSSR count). The minimum Gasteiger partial charge on any atom is -0.381 e. The number of rotatable bonds is 3. The highest BCUT2D eigenvalue weighted by Crippen LogP contribution is 2.17. The van der Waals surface area contributed by atoms with Gasteiger partial charge in [-0.05, 0) is 19.8 Å². The Morgan fingerprint density at radius 2 is 2.17 bits per heavy atom. The molecule has 6 heteroatoms. The number of nitrogens with one attached hydrogen (secondary N) is 1. The van der Waals surface area contributed by atoms with E-state index in [-0.39, 0.29) is 5.91 Å². The average molecular weight is 250 g/mol. The van der Waals surface area contributed by atoms with Crippen LogP contribution in [-0.2, 0) is 16.1 Å². The Morgan fingerprint density at radius 1 is 1.44 bits per heavy atom. The van der Waals surface area contributed by atoms with Crippen molar-refractivity contribution in [1.29, 1.82) is 0 Å². The Balaban J connectivity index is 1.89. The van der Waals surface area contributed by atoms with E-state index in [9.17, 15) is 4.79 Å². The molecule has 0 aromatic carbocycles. The SMILES string of the molecule is Cc1cnc(CNC(=O)C2(N)CCOCC2)cn1. The first-order chi connectivity index (χ1) is 8.60. The lowest BCUT2D eigenvalue weighted by Gasteiger charge is -2.31. The first kappa shape index (κ1) is 12.9. The first-order valence-corrected chi connectivity index (χ1v) is 6.03. The van der Waals surface area contributed by atoms with Crippen molar-refractivity contribution in [3.05, 3.63) is 23.8 Å². The summed E-state index contributed by atoms with van der Waals surface area (Å²) >= 11 is 0. The molecule has 3 N–H and O–H groups in total. The van der Waals surface area contributed by atoms with Gasteiger partial charge < -0.3 is 15.8 Å². The zero-order valence-corrected chi connectivity index (χ0v) is 10.5. The fraction of sp³-hybridized carbons (Fsp3) is 0.583. The van der Waals surface area contributed by atoms with E-state index in [2.05, 4.69) is 15.3 Å². The van der Waals surface area contributed by atoms with Crippen LogP contribution in [0.2, 0.25) is 0 Å². The number of aryl methyl sites for hydroxylation is 1. The van der Waals surface area contributed by atoms with Crippen LogP contribution >= 0.6 is 0 Å². The Bertz CT molecular complexity index is 413. The number of nitrogens with zero attached hydrogens (tertiary/aromatic N) is 2. The van der Waals surface area contributed by atoms with E-state index >= 15 is 0 Å². The van der Waals surface area contributed by atoms with Crippen molar-refractivity contribution >= 4 is 5.91 Å². The quantitative estimate of drug-likeness (QED) is 0.782. The normalized spacial score (nSPS) is 18.3. The van der Waals surface area contributed by atoms with Crippen LogP contribution in [0.25, 0.3) is 0 Å². The smallest absolute Gasteiger partial charge is 0.240 e. The molecule has 1 amide bonds. The van der Waals surface area contributed by atoms with Crippen LogP contribution in [0.5, 0.6) is 0 Å². The van der Waals surface area contributed by atoms with Crippen molar-refractivity contribution < 1.29 is 9.53 Å². The summed E-state index contributed by atoms with van der Waals surface area (Å²) in [6.07, 6.45) is 4.44. The van der Waals surface area contributed by atoms with Gasteiger partial charge in [-0.15, -0.1) is 0 Å². The third-order valence-corrected chi connectivity index (χ3v) is 3.10. The molecule has 0 spiro atoms. The molecule has 1 saturated heterocycles. The van der Waals surface area contributed by atoms with E-state index in [0.29, 0.717) is 32.6 Å². The van der Waals surface area contributed by atoms with Gasteiger partial charge in [0.1, 0.15) is 0 Å². The van der Waals surface area contributed by atoms with Crippen molar-refractivity contribution in [2.24, 2.45) is 5.73 Å². The maximum absolute atomic E-state index is 12.0. The molecule has 1 fully saturated rings. The van der Waals surface area contributed by atoms with E-state index in [1.807, 2.05) is 6.92 Å². The summed E-state index contributed by atoms with van der Waals surface area (Å²) in [4.78, 5) is 20.3. The fourth-order valence-electron chi connectivity index (χ4n) is 1.82. The first-order valence-electron chi connectivity index (χ1n) is 6.03. The minimum absolute atomic E-state index is 0.145. The molecular formula is C12H18N4O2. The van der Waals surface area contributed by atoms with Gasteiger partial charge in [0.2, 0.25) is 5.91 Å². The van der Waals surface area contributed by atoms with Crippen LogP contribution < -0.4 is 11.1 Å². The van der Waals surface area contributed by atoms with Gasteiger partial charge in [-0.2, -0.15) is 0 Å². The second-order valence-corrected chi connectivity index (χ2v) is 4.60. The van der Waals surface area contributed by atoms with Crippen molar-refractivity contribution in [1.82, 2.24) is 15.3 Å². The van der Waals surface area contributed by atoms with Gasteiger partial charge in [0.05, 0.1) is 29.7 Å². The van der Waals surface area contributed by atoms with Crippen LogP contribution in [0.4, 0.5) is 0 Å². The molecule has 1 aliphatic heterocycles. The van der Waals surface area contributed by atoms with E-state index in [4.69, 9.17) is 10.5 Å². The summed E-state index contributed by atoms with van der Waals surface area (Å²) < 4.78 is 5.21. The zero-order valence-electron chi connectivity index (χ0n) is 10.5. The molecule has 18 heavy (non-hydrogen) atoms. The Labute approximate surface area is 106 Å². The van der Waals surface area contributed by atoms with Crippen LogP contribution in [-0.4, -0.2) is 34.6 Å². The average Bonchev–Trinajstić information content (AvgIpc) is 2.38. The Kier molecular flexibility index (Phi) is 3.88. The van der Waals surface area contributed by atoms with Crippen molar-refractivity contribution in [3.63, 3.8) is 0 Å². The Morgan fingerprint density at radius 3 is 2.78 bits per heavy atom. The molecule has 0 aliphatic carbocycles. The molecule has 1 aromatic rings. The topological polar surface area (TPSA) is 90.1 Å². The second-order valence-electron chi connectivity index (χ2n) is 4.60. The lowest BCUT2D eigenvalue weighted by atomic mass is 9.90. The monoisotopic (exact) mass is 250 g/mol. The van der Waals surface area contributed by atoms with E-state index in [1.165, 1.54) is 0 Å². The van der Waals surface area contributed by atoms with E-state index in [1.54, 1.807) is 12.4 Å². The molecular weight excluding hydrogens is 232 g/mol. The fourth-order valence-corrected chi connectivity index (χ4v) is 1.82. The lowest BCUT2D eigenvalue weighted by Crippen LogP contribution is -2.56. The van der Waals surface area contributed by atoms with Crippen molar-refractivity contribution in [2.45, 2.75) is 31.8 Å². The summed E-state index contributed by atoms with van der Waals surface area (Å²) in [5.41, 5.74) is 6.83. The van der Waals surface area contributed by atoms with Gasteiger partial charge >= 0.3 is 0 Å². The van der Waals surface area contributed by atoms with Crippen molar-refractivity contribution in [2.75, 3.05) is 13.2 Å². The van der Waals surface area contributed by atoms with Gasteiger partial charge in [-0.25, -0.2) is 0 Å². The van der Waals surface area contributed by atoms with Crippen LogP contribution in [0, 0.1) is 6.92 Å². The summed E-state index contributed by atoms with van der Waals surface area (Å²) in [6, 6.07) is 0. The number of carbonyl (C=O) groups is 1. The number of nitrogens with two attached hydrogens (primary N) is 1. The zero-order chi connectivity index (χ0) is 13.0. The molecule has 0 unspecified atom stereocenters. The van der Waals surface area contributed by atoms with Crippen LogP contribution in [0.1, 0.15) is 24.2 Å². The third-order valence-electron chi connectivity index (χ3n) is 3.10. The number of aromatic nitrogens is 2. The molecule has 1 aliphatic rings. The molecule has 1 aromatic heterocycles. The van der Waals surface area contributed by atoms with Gasteiger partial charge in [-0.1, -0.05) is 0 Å². The van der Waals surface area contributed by atoms with Gasteiger partial charge in [0.25, 0.3) is 0 Å². The maximum atomic E-state index is 12.0. The molecule has 0 bridgehead atoms. The standard InChI is InChI=1S/C12H18N4O2/c1-9-6-15-10(7-14-9)8-16-11(17)12(13)2-4-18-5-3-12/h6-7H,2-5,8,13H2,1H3,(H,16,17). The molecule has 0 saturated carbocycles. The molecule has 2 heterocycles. The van der Waals surface area contributed by atoms with E-state index in [0.717, 1.165) is 11.4 Å². The predicted molar refractivity (Wildman–Crippen MR) is 65.6 cm³/mol. The van der Waals surface area contributed by atoms with Gasteiger partial charge in [0.15, 0.2) is 0 Å². The third kappa shape index (κ3) is 3.02. The van der Waals surface area contributed by atoms with Gasteiger partial charge in [0, 0.05) is 19.4 Å². The van der Waals surface area contributed by atoms with Crippen molar-refractivity contribution in [3.8, 4) is 0 Å². The number of hydrogen-bond acceptors (Lipinski definition) is 5. The highest BCUT2D eigenvalue weighted by molar-refractivity contribution is 5.86. The summed E-state index contributed by atoms with van der Waals surface area (Å²) in [6.45, 7) is 3.29. The highest BCUT2D eigenvalue weighted by atomic mass is 16.5. The summed E-state index contributed by atoms with van der Waals surface area (Å²) in [5.74, 6) is -0.145. The molecule has 98 valence electrons. The number of amides is 1. The van der Waals surface area contributed by atoms with Crippen LogP contribution in [0.3, 0.4) is 0 Å². The van der Waals surface area contributed by atoms with Gasteiger partial charge in [-0.3, -0.25) is 14.8 Å². The van der Waals surface area contributed by atoms with Crippen LogP contribution in [0.15, 0.2) is 12.4 Å². The predicted octanol–water partition coefficient (Wildman–Crippen LogP) is -0.0909. The molecule has 0 atom stereocenters. The largest absolute Gasteiger partial charge is 0.381 e. The highest BCUT2D eigenvalue weighted by Gasteiger charge is 2.35. The maximum Gasteiger partial charge on any atom is 0.240 e. The second kappa shape index (κ2) is 5.41. The molecule has 0 radical (unpaired) electrons. The molecule has 6 nitrogen and oxygen atoms in total. The lowest BCUT2D eigenvalue weighted by molar-refractivity contribution is -0.129. The summed E-state index contributed by atoms with van der Waals surface area (Å²) in [7, 11) is 0. The minimum atomic E-state index is -0.809. The number of ether oxygens (including phenoxy) is 1. The number of carbonyl (C=O) groups excluding carboxylic acids is 1.